The summed E-state index contributed by atoms with van der Waals surface area (Å²) in [6.45, 7) is 5.00. The van der Waals surface area contributed by atoms with E-state index in [1.165, 1.54) is 18.2 Å². The minimum atomic E-state index is -4.36. The average molecular weight is 766 g/mol. The number of ether oxygens (including phenoxy) is 1. The number of hydrogen-bond acceptors (Lipinski definition) is 11. The lowest BCUT2D eigenvalue weighted by atomic mass is 9.98. The van der Waals surface area contributed by atoms with E-state index in [2.05, 4.69) is 10.2 Å². The summed E-state index contributed by atoms with van der Waals surface area (Å²) in [5.41, 5.74) is 5.71. The first-order chi connectivity index (χ1) is 26.6. The van der Waals surface area contributed by atoms with Crippen molar-refractivity contribution in [2.75, 3.05) is 31.2 Å². The third-order valence-electron chi connectivity index (χ3n) is 9.30. The number of carboxylic acids is 1. The molecular formula is C41H40N3O10P. The second kappa shape index (κ2) is 17.5. The van der Waals surface area contributed by atoms with Crippen LogP contribution in [0.2, 0.25) is 0 Å². The fourth-order valence-electron chi connectivity index (χ4n) is 6.60. The molecule has 1 aromatic heterocycles. The van der Waals surface area contributed by atoms with Gasteiger partial charge in [0.25, 0.3) is 0 Å². The molecule has 6 rings (SSSR count). The highest BCUT2D eigenvalue weighted by molar-refractivity contribution is 7.48. The Bertz CT molecular complexity index is 2270. The Morgan fingerprint density at radius 2 is 1.62 bits per heavy atom. The molecule has 13 nitrogen and oxygen atoms in total. The maximum atomic E-state index is 13.8. The quantitative estimate of drug-likeness (QED) is 0.0534. The number of rotatable bonds is 17. The molecule has 1 heterocycles. The van der Waals surface area contributed by atoms with Crippen molar-refractivity contribution in [3.8, 4) is 22.9 Å². The summed E-state index contributed by atoms with van der Waals surface area (Å²) in [4.78, 5) is 39.6. The number of alkyl carbamates (subject to hydrolysis) is 1. The van der Waals surface area contributed by atoms with Crippen molar-refractivity contribution in [1.29, 1.82) is 5.26 Å². The summed E-state index contributed by atoms with van der Waals surface area (Å²) in [6.07, 6.45) is -1.05. The van der Waals surface area contributed by atoms with Crippen LogP contribution in [0.25, 0.3) is 22.1 Å². The Labute approximate surface area is 317 Å². The lowest BCUT2D eigenvalue weighted by molar-refractivity contribution is -0.139. The molecule has 1 aliphatic rings. The second-order valence-corrected chi connectivity index (χ2v) is 14.3. The maximum absolute atomic E-state index is 13.8. The first-order valence-electron chi connectivity index (χ1n) is 17.8. The molecule has 14 heteroatoms. The van der Waals surface area contributed by atoms with Gasteiger partial charge in [0.1, 0.15) is 24.0 Å². The largest absolute Gasteiger partial charge is 0.530 e. The van der Waals surface area contributed by atoms with Gasteiger partial charge >= 0.3 is 25.5 Å². The first-order valence-corrected chi connectivity index (χ1v) is 19.3. The van der Waals surface area contributed by atoms with Crippen molar-refractivity contribution in [3.05, 3.63) is 130 Å². The minimum Gasteiger partial charge on any atom is -0.480 e. The van der Waals surface area contributed by atoms with Crippen LogP contribution in [-0.2, 0) is 36.2 Å². The fourth-order valence-corrected chi connectivity index (χ4v) is 7.77. The maximum Gasteiger partial charge on any atom is 0.530 e. The van der Waals surface area contributed by atoms with Gasteiger partial charge in [0.2, 0.25) is 0 Å². The van der Waals surface area contributed by atoms with E-state index in [1.54, 1.807) is 24.3 Å². The fraction of sp³-hybridized carbons (Fsp3) is 0.268. The molecule has 55 heavy (non-hydrogen) atoms. The molecule has 0 bridgehead atoms. The summed E-state index contributed by atoms with van der Waals surface area (Å²) in [5, 5.41) is 22.0. The van der Waals surface area contributed by atoms with Gasteiger partial charge in [-0.3, -0.25) is 9.05 Å². The third-order valence-corrected chi connectivity index (χ3v) is 10.7. The van der Waals surface area contributed by atoms with Gasteiger partial charge in [-0.15, -0.1) is 0 Å². The van der Waals surface area contributed by atoms with Crippen LogP contribution in [-0.4, -0.2) is 49.5 Å². The highest BCUT2D eigenvalue weighted by Gasteiger charge is 2.31. The second-order valence-electron chi connectivity index (χ2n) is 12.7. The van der Waals surface area contributed by atoms with Crippen LogP contribution in [0.5, 0.6) is 5.75 Å². The third kappa shape index (κ3) is 9.24. The molecule has 5 aromatic rings. The van der Waals surface area contributed by atoms with Crippen LogP contribution < -0.4 is 20.4 Å². The predicted molar refractivity (Wildman–Crippen MR) is 205 cm³/mol. The van der Waals surface area contributed by atoms with E-state index in [0.717, 1.165) is 41.0 Å². The molecule has 0 saturated carbocycles. The number of nitrogens with zero attached hydrogens (tertiary/aromatic N) is 2. The first kappa shape index (κ1) is 38.8. The van der Waals surface area contributed by atoms with Crippen molar-refractivity contribution < 1.29 is 42.0 Å². The van der Waals surface area contributed by atoms with Crippen LogP contribution in [0.1, 0.15) is 48.4 Å². The summed E-state index contributed by atoms with van der Waals surface area (Å²) in [6, 6.07) is 29.1. The van der Waals surface area contributed by atoms with Gasteiger partial charge in [-0.2, -0.15) is 5.26 Å². The van der Waals surface area contributed by atoms with Crippen molar-refractivity contribution in [2.45, 2.75) is 45.3 Å². The summed E-state index contributed by atoms with van der Waals surface area (Å²) in [5.74, 6) is -1.37. The number of benzene rings is 4. The van der Waals surface area contributed by atoms with E-state index < -0.39 is 31.6 Å². The number of carbonyl (C=O) groups is 2. The number of nitriles is 1. The molecule has 0 fully saturated rings. The topological polar surface area (TPSA) is 178 Å². The van der Waals surface area contributed by atoms with E-state index in [-0.39, 0.29) is 44.3 Å². The molecule has 1 aliphatic carbocycles. The zero-order chi connectivity index (χ0) is 39.0. The van der Waals surface area contributed by atoms with Crippen molar-refractivity contribution in [2.24, 2.45) is 0 Å². The van der Waals surface area contributed by atoms with Gasteiger partial charge in [-0.05, 0) is 71.5 Å². The van der Waals surface area contributed by atoms with Gasteiger partial charge in [0, 0.05) is 48.6 Å². The number of nitrogens with one attached hydrogen (secondary N) is 1. The van der Waals surface area contributed by atoms with Crippen LogP contribution in [0, 0.1) is 11.3 Å². The van der Waals surface area contributed by atoms with E-state index in [1.807, 2.05) is 74.5 Å². The van der Waals surface area contributed by atoms with Crippen LogP contribution in [0.15, 0.2) is 106 Å². The van der Waals surface area contributed by atoms with Crippen molar-refractivity contribution >= 4 is 36.5 Å². The molecule has 2 atom stereocenters. The summed E-state index contributed by atoms with van der Waals surface area (Å²) in [7, 11) is -4.36. The Hall–Kier alpha value is -5.93. The van der Waals surface area contributed by atoms with Crippen LogP contribution >= 0.6 is 7.82 Å². The molecule has 1 unspecified atom stereocenters. The zero-order valence-corrected chi connectivity index (χ0v) is 31.2. The molecule has 0 saturated heterocycles. The van der Waals surface area contributed by atoms with Crippen LogP contribution in [0.3, 0.4) is 0 Å². The number of amides is 1. The molecule has 284 valence electrons. The Morgan fingerprint density at radius 3 is 2.25 bits per heavy atom. The highest BCUT2D eigenvalue weighted by Crippen LogP contribution is 2.50. The zero-order valence-electron chi connectivity index (χ0n) is 30.3. The Balaban J connectivity index is 1.09. The highest BCUT2D eigenvalue weighted by atomic mass is 31.2. The number of phosphoric acid groups is 1. The lowest BCUT2D eigenvalue weighted by Gasteiger charge is -2.21. The number of aliphatic carboxylic acids is 1. The molecule has 0 radical (unpaired) electrons. The average Bonchev–Trinajstić information content (AvgIpc) is 3.50. The van der Waals surface area contributed by atoms with Crippen LogP contribution in [0.4, 0.5) is 10.5 Å². The molecule has 0 aliphatic heterocycles. The van der Waals surface area contributed by atoms with Gasteiger partial charge in [0.15, 0.2) is 0 Å². The number of fused-ring (bicyclic) bond motifs is 4. The molecule has 1 amide bonds. The minimum absolute atomic E-state index is 0.0300. The molecule has 4 aromatic carbocycles. The van der Waals surface area contributed by atoms with Gasteiger partial charge < -0.3 is 29.0 Å². The summed E-state index contributed by atoms with van der Waals surface area (Å²) < 4.78 is 41.6. The Kier molecular flexibility index (Phi) is 12.3. The SMILES string of the molecule is CCN(CC)c1ccc2c(COP(=O)(OCCC#N)Oc3ccc(C[C@H](NC(=O)OCC4c5ccccc5-c5ccccc54)C(=O)O)cc3)cc(=O)oc2c1. The number of anilines is 1. The van der Waals surface area contributed by atoms with E-state index in [9.17, 15) is 24.1 Å². The molecule has 0 spiro atoms. The normalized spacial score (nSPS) is 13.5. The lowest BCUT2D eigenvalue weighted by Crippen LogP contribution is -2.42. The molecular weight excluding hydrogens is 725 g/mol. The monoisotopic (exact) mass is 765 g/mol. The van der Waals surface area contributed by atoms with Gasteiger partial charge in [-0.25, -0.2) is 18.9 Å². The number of carbonyl (C=O) groups excluding carboxylic acids is 1. The molecule has 2 N–H and O–H groups in total. The Morgan fingerprint density at radius 1 is 0.945 bits per heavy atom. The summed E-state index contributed by atoms with van der Waals surface area (Å²) >= 11 is 0. The number of carboxylic acid groups (broad SMARTS) is 1. The van der Waals surface area contributed by atoms with Crippen molar-refractivity contribution in [3.63, 3.8) is 0 Å². The number of phosphoric ester groups is 1. The standard InChI is InChI=1S/C41H40N3O10P/c1-3-44(4-2)29-16-19-31-28(23-39(45)53-38(31)24-29)25-52-55(49,51-21-9-20-42)54-30-17-14-27(15-18-30)22-37(40(46)47)43-41(48)50-26-36-34-12-7-5-10-32(34)33-11-6-8-13-35(33)36/h5-8,10-19,23-24,36-37H,3-4,9,21-22,25-26H2,1-2H3,(H,43,48)(H,46,47)/t37-,55?/m0/s1. The van der Waals surface area contributed by atoms with E-state index >= 15 is 0 Å². The predicted octanol–water partition coefficient (Wildman–Crippen LogP) is 7.81. The smallest absolute Gasteiger partial charge is 0.480 e. The van der Waals surface area contributed by atoms with Gasteiger partial charge in [0.05, 0.1) is 25.7 Å². The van der Waals surface area contributed by atoms with Gasteiger partial charge in [-0.1, -0.05) is 60.7 Å². The number of hydrogen-bond donors (Lipinski definition) is 2. The van der Waals surface area contributed by atoms with Crippen molar-refractivity contribution in [1.82, 2.24) is 5.32 Å². The van der Waals surface area contributed by atoms with E-state index in [4.69, 9.17) is 28.0 Å². The van der Waals surface area contributed by atoms with E-state index in [0.29, 0.717) is 22.1 Å².